The van der Waals surface area contributed by atoms with Gasteiger partial charge in [0, 0.05) is 18.2 Å². The van der Waals surface area contributed by atoms with Crippen molar-refractivity contribution in [3.8, 4) is 22.5 Å². The van der Waals surface area contributed by atoms with Crippen LogP contribution in [0.4, 0.5) is 0 Å². The summed E-state index contributed by atoms with van der Waals surface area (Å²) in [7, 11) is 1.91. The topological polar surface area (TPSA) is 47.8 Å². The van der Waals surface area contributed by atoms with Gasteiger partial charge >= 0.3 is 0 Å². The maximum atomic E-state index is 10.9. The molecule has 0 radical (unpaired) electrons. The van der Waals surface area contributed by atoms with Gasteiger partial charge in [-0.1, -0.05) is 42.5 Å². The van der Waals surface area contributed by atoms with Gasteiger partial charge in [0.05, 0.1) is 0 Å². The van der Waals surface area contributed by atoms with Crippen molar-refractivity contribution in [2.75, 3.05) is 0 Å². The number of aldehydes is 1. The molecule has 20 heavy (non-hydrogen) atoms. The molecule has 3 aromatic rings. The number of rotatable bonds is 3. The highest BCUT2D eigenvalue weighted by atomic mass is 16.1. The van der Waals surface area contributed by atoms with Gasteiger partial charge in [-0.3, -0.25) is 4.79 Å². The molecule has 0 unspecified atom stereocenters. The van der Waals surface area contributed by atoms with Gasteiger partial charge in [-0.25, -0.2) is 0 Å². The first kappa shape index (κ1) is 12.3. The van der Waals surface area contributed by atoms with Crippen LogP contribution in [0.25, 0.3) is 22.5 Å². The lowest BCUT2D eigenvalue weighted by Gasteiger charge is -2.09. The fourth-order valence-electron chi connectivity index (χ4n) is 2.24. The summed E-state index contributed by atoms with van der Waals surface area (Å²) in [5, 5.41) is 8.08. The summed E-state index contributed by atoms with van der Waals surface area (Å²) >= 11 is 0. The number of aryl methyl sites for hydroxylation is 1. The summed E-state index contributed by atoms with van der Waals surface area (Å²) in [5.74, 6) is 0.803. The van der Waals surface area contributed by atoms with Gasteiger partial charge in [0.1, 0.15) is 12.6 Å². The number of aromatic nitrogens is 3. The molecule has 98 valence electrons. The maximum Gasteiger partial charge on any atom is 0.164 e. The molecule has 0 N–H and O–H groups in total. The van der Waals surface area contributed by atoms with E-state index >= 15 is 0 Å². The molecule has 2 aromatic carbocycles. The molecular weight excluding hydrogens is 250 g/mol. The molecule has 1 heterocycles. The molecule has 0 saturated carbocycles. The Morgan fingerprint density at radius 3 is 2.55 bits per heavy atom. The van der Waals surface area contributed by atoms with Crippen molar-refractivity contribution in [3.63, 3.8) is 0 Å². The van der Waals surface area contributed by atoms with Crippen LogP contribution in [0.3, 0.4) is 0 Å². The van der Waals surface area contributed by atoms with E-state index in [0.717, 1.165) is 28.8 Å². The van der Waals surface area contributed by atoms with E-state index in [4.69, 9.17) is 0 Å². The van der Waals surface area contributed by atoms with E-state index in [1.54, 1.807) is 12.4 Å². The van der Waals surface area contributed by atoms with Gasteiger partial charge in [0.25, 0.3) is 0 Å². The van der Waals surface area contributed by atoms with Crippen molar-refractivity contribution in [1.29, 1.82) is 0 Å². The lowest BCUT2D eigenvalue weighted by molar-refractivity contribution is 0.112. The Kier molecular flexibility index (Phi) is 3.13. The Morgan fingerprint density at radius 2 is 1.85 bits per heavy atom. The van der Waals surface area contributed by atoms with Crippen molar-refractivity contribution < 1.29 is 4.79 Å². The van der Waals surface area contributed by atoms with E-state index in [0.29, 0.717) is 5.56 Å². The third-order valence-corrected chi connectivity index (χ3v) is 3.21. The average molecular weight is 263 g/mol. The first-order chi connectivity index (χ1) is 9.79. The molecule has 0 amide bonds. The first-order valence-corrected chi connectivity index (χ1v) is 6.28. The zero-order valence-electron chi connectivity index (χ0n) is 11.0. The Labute approximate surface area is 116 Å². The van der Waals surface area contributed by atoms with Gasteiger partial charge in [-0.15, -0.1) is 10.2 Å². The van der Waals surface area contributed by atoms with Gasteiger partial charge in [-0.05, 0) is 17.2 Å². The van der Waals surface area contributed by atoms with Crippen LogP contribution in [0, 0.1) is 0 Å². The zero-order chi connectivity index (χ0) is 13.9. The molecule has 3 rings (SSSR count). The van der Waals surface area contributed by atoms with Crippen LogP contribution >= 0.6 is 0 Å². The van der Waals surface area contributed by atoms with E-state index < -0.39 is 0 Å². The molecule has 0 fully saturated rings. The van der Waals surface area contributed by atoms with Crippen LogP contribution in [0.5, 0.6) is 0 Å². The molecule has 0 aliphatic heterocycles. The van der Waals surface area contributed by atoms with Gasteiger partial charge < -0.3 is 4.57 Å². The van der Waals surface area contributed by atoms with Crippen LogP contribution in [-0.4, -0.2) is 21.1 Å². The Hall–Kier alpha value is -2.75. The van der Waals surface area contributed by atoms with E-state index in [1.807, 2.05) is 54.1 Å². The zero-order valence-corrected chi connectivity index (χ0v) is 11.0. The van der Waals surface area contributed by atoms with E-state index in [-0.39, 0.29) is 0 Å². The second-order valence-corrected chi connectivity index (χ2v) is 4.55. The Balaban J connectivity index is 2.19. The van der Waals surface area contributed by atoms with Crippen LogP contribution in [-0.2, 0) is 7.05 Å². The highest BCUT2D eigenvalue weighted by molar-refractivity contribution is 5.84. The van der Waals surface area contributed by atoms with Crippen molar-refractivity contribution in [2.24, 2.45) is 7.05 Å². The minimum atomic E-state index is 0.662. The predicted molar refractivity (Wildman–Crippen MR) is 77.3 cm³/mol. The minimum Gasteiger partial charge on any atom is -0.317 e. The normalized spacial score (nSPS) is 10.4. The number of hydrogen-bond acceptors (Lipinski definition) is 3. The number of hydrogen-bond donors (Lipinski definition) is 0. The molecule has 4 nitrogen and oxygen atoms in total. The van der Waals surface area contributed by atoms with Crippen LogP contribution < -0.4 is 0 Å². The molecule has 0 saturated heterocycles. The van der Waals surface area contributed by atoms with Crippen molar-refractivity contribution >= 4 is 6.29 Å². The van der Waals surface area contributed by atoms with Crippen molar-refractivity contribution in [1.82, 2.24) is 14.8 Å². The van der Waals surface area contributed by atoms with Crippen molar-refractivity contribution in [2.45, 2.75) is 0 Å². The smallest absolute Gasteiger partial charge is 0.164 e. The van der Waals surface area contributed by atoms with Crippen LogP contribution in [0.15, 0.2) is 54.9 Å². The molecule has 0 atom stereocenters. The monoisotopic (exact) mass is 263 g/mol. The van der Waals surface area contributed by atoms with Gasteiger partial charge in [-0.2, -0.15) is 0 Å². The third kappa shape index (κ3) is 2.12. The SMILES string of the molecule is Cn1cnnc1-c1ccccc1-c1cccc(C=O)c1. The second kappa shape index (κ2) is 5.09. The van der Waals surface area contributed by atoms with Crippen molar-refractivity contribution in [3.05, 3.63) is 60.4 Å². The van der Waals surface area contributed by atoms with Crippen LogP contribution in [0.2, 0.25) is 0 Å². The Bertz CT molecular complexity index is 762. The number of benzene rings is 2. The fraction of sp³-hybridized carbons (Fsp3) is 0.0625. The first-order valence-electron chi connectivity index (χ1n) is 6.28. The van der Waals surface area contributed by atoms with Gasteiger partial charge in [0.15, 0.2) is 5.82 Å². The van der Waals surface area contributed by atoms with E-state index in [1.165, 1.54) is 0 Å². The average Bonchev–Trinajstić information content (AvgIpc) is 2.93. The lowest BCUT2D eigenvalue weighted by Crippen LogP contribution is -1.94. The summed E-state index contributed by atoms with van der Waals surface area (Å²) in [5.41, 5.74) is 3.69. The maximum absolute atomic E-state index is 10.9. The Morgan fingerprint density at radius 1 is 1.05 bits per heavy atom. The number of nitrogens with zero attached hydrogens (tertiary/aromatic N) is 3. The molecule has 0 spiro atoms. The molecule has 0 aliphatic carbocycles. The summed E-state index contributed by atoms with van der Waals surface area (Å²) in [6.07, 6.45) is 2.53. The third-order valence-electron chi connectivity index (χ3n) is 3.21. The molecule has 0 aliphatic rings. The standard InChI is InChI=1S/C16H13N3O/c1-19-11-17-18-16(19)15-8-3-2-7-14(15)13-6-4-5-12(9-13)10-20/h2-11H,1H3. The highest BCUT2D eigenvalue weighted by Crippen LogP contribution is 2.30. The second-order valence-electron chi connectivity index (χ2n) is 4.55. The molecule has 4 heteroatoms. The highest BCUT2D eigenvalue weighted by Gasteiger charge is 2.11. The van der Waals surface area contributed by atoms with Gasteiger partial charge in [0.2, 0.25) is 0 Å². The summed E-state index contributed by atoms with van der Waals surface area (Å²) in [6.45, 7) is 0. The molecule has 1 aromatic heterocycles. The van der Waals surface area contributed by atoms with E-state index in [2.05, 4.69) is 10.2 Å². The van der Waals surface area contributed by atoms with Crippen LogP contribution in [0.1, 0.15) is 10.4 Å². The number of carbonyl (C=O) groups is 1. The minimum absolute atomic E-state index is 0.662. The predicted octanol–water partition coefficient (Wildman–Crippen LogP) is 2.96. The fourth-order valence-corrected chi connectivity index (χ4v) is 2.24. The summed E-state index contributed by atoms with van der Waals surface area (Å²) < 4.78 is 1.88. The quantitative estimate of drug-likeness (QED) is 0.682. The molecule has 0 bridgehead atoms. The lowest BCUT2D eigenvalue weighted by atomic mass is 9.98. The van der Waals surface area contributed by atoms with E-state index in [9.17, 15) is 4.79 Å². The molecular formula is C16H13N3O. The largest absolute Gasteiger partial charge is 0.317 e. The summed E-state index contributed by atoms with van der Waals surface area (Å²) in [6, 6.07) is 15.5. The number of carbonyl (C=O) groups excluding carboxylic acids is 1. The summed E-state index contributed by atoms with van der Waals surface area (Å²) in [4.78, 5) is 10.9.